The van der Waals surface area contributed by atoms with Crippen LogP contribution in [0.15, 0.2) is 40.9 Å². The quantitative estimate of drug-likeness (QED) is 0.550. The molecule has 0 atom stereocenters. The maximum atomic E-state index is 12.9. The fourth-order valence-corrected chi connectivity index (χ4v) is 6.26. The second-order valence-electron chi connectivity index (χ2n) is 8.43. The van der Waals surface area contributed by atoms with Gasteiger partial charge in [-0.05, 0) is 72.7 Å². The van der Waals surface area contributed by atoms with Crippen LogP contribution < -0.4 is 10.1 Å². The fraction of sp³-hybridized carbons (Fsp3) is 0.375. The van der Waals surface area contributed by atoms with E-state index in [1.54, 1.807) is 0 Å². The Morgan fingerprint density at radius 2 is 2.00 bits per heavy atom. The number of methoxy groups -OCH3 is 1. The topological polar surface area (TPSA) is 47.6 Å². The Balaban J connectivity index is 1.47. The molecule has 0 saturated heterocycles. The lowest BCUT2D eigenvalue weighted by molar-refractivity contribution is -0.147. The SMILES string of the molecule is COC(=O)C1(Nc2cccc(Cl)c2)CCC2(CC1)C(Br)=Cc1cc3c(cc12)CCO3. The van der Waals surface area contributed by atoms with E-state index in [1.165, 1.54) is 28.3 Å². The molecule has 1 heterocycles. The van der Waals surface area contributed by atoms with Crippen molar-refractivity contribution in [1.82, 2.24) is 0 Å². The van der Waals surface area contributed by atoms with E-state index in [1.807, 2.05) is 24.3 Å². The number of carbonyl (C=O) groups is 1. The molecular formula is C24H23BrClNO3. The first-order valence-corrected chi connectivity index (χ1v) is 11.4. The zero-order valence-corrected chi connectivity index (χ0v) is 19.1. The number of esters is 1. The smallest absolute Gasteiger partial charge is 0.331 e. The molecule has 2 aromatic rings. The molecule has 2 aromatic carbocycles. The molecule has 156 valence electrons. The lowest BCUT2D eigenvalue weighted by Gasteiger charge is -2.45. The largest absolute Gasteiger partial charge is 0.493 e. The second-order valence-corrected chi connectivity index (χ2v) is 9.72. The van der Waals surface area contributed by atoms with E-state index >= 15 is 0 Å². The van der Waals surface area contributed by atoms with Crippen molar-refractivity contribution < 1.29 is 14.3 Å². The molecule has 1 spiro atoms. The van der Waals surface area contributed by atoms with Crippen molar-refractivity contribution >= 4 is 45.3 Å². The molecule has 0 radical (unpaired) electrons. The van der Waals surface area contributed by atoms with Crippen molar-refractivity contribution in [1.29, 1.82) is 0 Å². The van der Waals surface area contributed by atoms with Gasteiger partial charge in [0.25, 0.3) is 0 Å². The van der Waals surface area contributed by atoms with Gasteiger partial charge >= 0.3 is 5.97 Å². The number of allylic oxidation sites excluding steroid dienone is 1. The molecule has 0 bridgehead atoms. The molecule has 3 aliphatic rings. The molecule has 0 unspecified atom stereocenters. The summed E-state index contributed by atoms with van der Waals surface area (Å²) in [5, 5.41) is 4.10. The minimum absolute atomic E-state index is 0.0967. The number of halogens is 2. The van der Waals surface area contributed by atoms with Gasteiger partial charge in [-0.15, -0.1) is 0 Å². The lowest BCUT2D eigenvalue weighted by Crippen LogP contribution is -2.52. The number of hydrogen-bond donors (Lipinski definition) is 1. The van der Waals surface area contributed by atoms with Gasteiger partial charge in [-0.2, -0.15) is 0 Å². The van der Waals surface area contributed by atoms with Crippen LogP contribution in [0.25, 0.3) is 6.08 Å². The molecule has 1 N–H and O–H groups in total. The van der Waals surface area contributed by atoms with Crippen LogP contribution in [0.5, 0.6) is 5.75 Å². The van der Waals surface area contributed by atoms with Gasteiger partial charge in [0.1, 0.15) is 11.3 Å². The minimum Gasteiger partial charge on any atom is -0.493 e. The van der Waals surface area contributed by atoms with Crippen LogP contribution in [0.3, 0.4) is 0 Å². The van der Waals surface area contributed by atoms with E-state index < -0.39 is 5.54 Å². The Labute approximate surface area is 189 Å². The van der Waals surface area contributed by atoms with Crippen molar-refractivity contribution in [3.8, 4) is 5.75 Å². The highest BCUT2D eigenvalue weighted by Gasteiger charge is 2.52. The molecule has 2 aliphatic carbocycles. The number of carbonyl (C=O) groups excluding carboxylic acids is 1. The van der Waals surface area contributed by atoms with Crippen molar-refractivity contribution in [2.24, 2.45) is 0 Å². The molecule has 1 aliphatic heterocycles. The average Bonchev–Trinajstić information content (AvgIpc) is 3.30. The van der Waals surface area contributed by atoms with E-state index in [4.69, 9.17) is 21.1 Å². The van der Waals surface area contributed by atoms with Crippen LogP contribution in [-0.2, 0) is 21.4 Å². The Kier molecular flexibility index (Phi) is 4.86. The number of rotatable bonds is 3. The zero-order valence-electron chi connectivity index (χ0n) is 16.8. The van der Waals surface area contributed by atoms with Gasteiger partial charge in [0.05, 0.1) is 13.7 Å². The van der Waals surface area contributed by atoms with E-state index in [0.717, 1.165) is 37.3 Å². The molecule has 4 nitrogen and oxygen atoms in total. The first-order valence-electron chi connectivity index (χ1n) is 10.3. The van der Waals surface area contributed by atoms with E-state index in [0.29, 0.717) is 17.9 Å². The molecule has 5 rings (SSSR count). The molecular weight excluding hydrogens is 466 g/mol. The number of nitrogens with one attached hydrogen (secondary N) is 1. The monoisotopic (exact) mass is 487 g/mol. The van der Waals surface area contributed by atoms with Gasteiger partial charge in [0.15, 0.2) is 0 Å². The standard InChI is InChI=1S/C24H23BrClNO3/c1-29-22(28)24(27-18-4-2-3-17(26)14-18)8-6-23(7-9-24)19-11-15-5-10-30-20(15)12-16(19)13-21(23)25/h2-4,11-14,27H,5-10H2,1H3. The van der Waals surface area contributed by atoms with Gasteiger partial charge in [0.2, 0.25) is 0 Å². The van der Waals surface area contributed by atoms with E-state index in [9.17, 15) is 4.79 Å². The molecule has 0 aromatic heterocycles. The molecule has 30 heavy (non-hydrogen) atoms. The number of ether oxygens (including phenoxy) is 2. The minimum atomic E-state index is -0.763. The summed E-state index contributed by atoms with van der Waals surface area (Å²) >= 11 is 10.0. The van der Waals surface area contributed by atoms with Crippen LogP contribution in [-0.4, -0.2) is 25.2 Å². The highest BCUT2D eigenvalue weighted by atomic mass is 79.9. The second kappa shape index (κ2) is 7.31. The summed E-state index contributed by atoms with van der Waals surface area (Å²) in [5.74, 6) is 0.780. The lowest BCUT2D eigenvalue weighted by atomic mass is 9.65. The first kappa shape index (κ1) is 20.0. The normalized spacial score (nSPS) is 26.6. The third-order valence-corrected chi connectivity index (χ3v) is 8.08. The number of fused-ring (bicyclic) bond motifs is 3. The Morgan fingerprint density at radius 1 is 1.20 bits per heavy atom. The molecule has 6 heteroatoms. The summed E-state index contributed by atoms with van der Waals surface area (Å²) in [5.41, 5.74) is 3.82. The molecule has 0 amide bonds. The summed E-state index contributed by atoms with van der Waals surface area (Å²) in [4.78, 5) is 12.9. The Bertz CT molecular complexity index is 1060. The maximum Gasteiger partial charge on any atom is 0.331 e. The van der Waals surface area contributed by atoms with Crippen molar-refractivity contribution in [2.75, 3.05) is 19.0 Å². The van der Waals surface area contributed by atoms with Crippen LogP contribution in [0.4, 0.5) is 5.69 Å². The van der Waals surface area contributed by atoms with Crippen molar-refractivity contribution in [3.63, 3.8) is 0 Å². The molecule has 1 fully saturated rings. The van der Waals surface area contributed by atoms with Crippen molar-refractivity contribution in [2.45, 2.75) is 43.1 Å². The highest BCUT2D eigenvalue weighted by molar-refractivity contribution is 9.11. The Morgan fingerprint density at radius 3 is 2.73 bits per heavy atom. The van der Waals surface area contributed by atoms with Gasteiger partial charge in [0, 0.05) is 27.0 Å². The third-order valence-electron chi connectivity index (χ3n) is 6.86. The first-order chi connectivity index (χ1) is 14.5. The average molecular weight is 489 g/mol. The van der Waals surface area contributed by atoms with Crippen LogP contribution in [0.2, 0.25) is 5.02 Å². The Hall–Kier alpha value is -1.98. The zero-order chi connectivity index (χ0) is 20.9. The highest BCUT2D eigenvalue weighted by Crippen LogP contribution is 2.56. The maximum absolute atomic E-state index is 12.9. The van der Waals surface area contributed by atoms with Crippen LogP contribution in [0.1, 0.15) is 42.4 Å². The number of hydrogen-bond acceptors (Lipinski definition) is 4. The predicted octanol–water partition coefficient (Wildman–Crippen LogP) is 5.86. The summed E-state index contributed by atoms with van der Waals surface area (Å²) in [6, 6.07) is 12.0. The van der Waals surface area contributed by atoms with Gasteiger partial charge in [-0.3, -0.25) is 0 Å². The summed E-state index contributed by atoms with van der Waals surface area (Å²) in [6.07, 6.45) is 6.20. The van der Waals surface area contributed by atoms with E-state index in [2.05, 4.69) is 39.5 Å². The van der Waals surface area contributed by atoms with Crippen LogP contribution >= 0.6 is 27.5 Å². The third kappa shape index (κ3) is 3.05. The predicted molar refractivity (Wildman–Crippen MR) is 123 cm³/mol. The summed E-state index contributed by atoms with van der Waals surface area (Å²) in [6.45, 7) is 0.755. The number of benzene rings is 2. The fourth-order valence-electron chi connectivity index (χ4n) is 5.21. The van der Waals surface area contributed by atoms with Gasteiger partial charge in [-0.1, -0.05) is 39.7 Å². The molecule has 1 saturated carbocycles. The number of anilines is 1. The summed E-state index contributed by atoms with van der Waals surface area (Å²) in [7, 11) is 1.46. The summed E-state index contributed by atoms with van der Waals surface area (Å²) < 4.78 is 12.2. The van der Waals surface area contributed by atoms with Gasteiger partial charge < -0.3 is 14.8 Å². The van der Waals surface area contributed by atoms with E-state index in [-0.39, 0.29) is 11.4 Å². The van der Waals surface area contributed by atoms with Crippen molar-refractivity contribution in [3.05, 3.63) is 62.6 Å². The van der Waals surface area contributed by atoms with Gasteiger partial charge in [-0.25, -0.2) is 4.79 Å². The van der Waals surface area contributed by atoms with Crippen LogP contribution in [0, 0.1) is 0 Å².